The van der Waals surface area contributed by atoms with Crippen molar-refractivity contribution in [3.8, 4) is 0 Å². The van der Waals surface area contributed by atoms with Gasteiger partial charge in [0, 0.05) is 37.0 Å². The molecule has 40 heavy (non-hydrogen) atoms. The maximum absolute atomic E-state index is 13.8. The number of hydrogen-bond acceptors (Lipinski definition) is 4. The highest BCUT2D eigenvalue weighted by Crippen LogP contribution is 2.22. The number of anilines is 1. The minimum atomic E-state index is -3.59. The number of sulfonamides is 1. The number of nitrogens with zero attached hydrogens (tertiary/aromatic N) is 2. The summed E-state index contributed by atoms with van der Waals surface area (Å²) in [7, 11) is -3.59. The van der Waals surface area contributed by atoms with E-state index in [-0.39, 0.29) is 43.8 Å². The molecule has 3 aromatic rings. The Balaban J connectivity index is 1.87. The number of benzene rings is 3. The average molecular weight is 584 g/mol. The molecule has 0 bridgehead atoms. The molecule has 1 atom stereocenters. The van der Waals surface area contributed by atoms with Gasteiger partial charge in [0.05, 0.1) is 11.9 Å². The van der Waals surface area contributed by atoms with Crippen LogP contribution in [0.4, 0.5) is 5.69 Å². The van der Waals surface area contributed by atoms with Crippen molar-refractivity contribution in [1.29, 1.82) is 0 Å². The van der Waals surface area contributed by atoms with Crippen molar-refractivity contribution in [3.05, 3.63) is 101 Å². The first-order valence-corrected chi connectivity index (χ1v) is 15.6. The van der Waals surface area contributed by atoms with Crippen LogP contribution in [0.1, 0.15) is 43.4 Å². The van der Waals surface area contributed by atoms with Crippen molar-refractivity contribution < 1.29 is 18.0 Å². The third kappa shape index (κ3) is 9.38. The first-order chi connectivity index (χ1) is 18.9. The van der Waals surface area contributed by atoms with Gasteiger partial charge < -0.3 is 10.2 Å². The molecular formula is C31H38ClN3O4S. The Bertz CT molecular complexity index is 1380. The summed E-state index contributed by atoms with van der Waals surface area (Å²) in [6.45, 7) is 6.14. The SMILES string of the molecule is Cc1cccc(CN(C(=O)CCCN(c2ccc(Cl)cc2)S(C)(=O)=O)[C@H](Cc2ccccc2)C(=O)NC(C)C)c1. The number of rotatable bonds is 13. The Morgan fingerprint density at radius 3 is 2.17 bits per heavy atom. The highest BCUT2D eigenvalue weighted by atomic mass is 35.5. The zero-order valence-corrected chi connectivity index (χ0v) is 25.1. The molecule has 0 aliphatic rings. The first kappa shape index (κ1) is 31.2. The van der Waals surface area contributed by atoms with Gasteiger partial charge in [-0.2, -0.15) is 0 Å². The third-order valence-electron chi connectivity index (χ3n) is 6.40. The van der Waals surface area contributed by atoms with E-state index in [1.807, 2.05) is 75.4 Å². The van der Waals surface area contributed by atoms with Crippen LogP contribution in [0.3, 0.4) is 0 Å². The molecule has 0 radical (unpaired) electrons. The zero-order valence-electron chi connectivity index (χ0n) is 23.5. The van der Waals surface area contributed by atoms with Crippen molar-refractivity contribution in [2.75, 3.05) is 17.1 Å². The number of aryl methyl sites for hydroxylation is 1. The maximum Gasteiger partial charge on any atom is 0.243 e. The van der Waals surface area contributed by atoms with Crippen LogP contribution in [0.5, 0.6) is 0 Å². The van der Waals surface area contributed by atoms with E-state index < -0.39 is 16.1 Å². The molecule has 0 heterocycles. The first-order valence-electron chi connectivity index (χ1n) is 13.4. The molecule has 2 amide bonds. The van der Waals surface area contributed by atoms with Gasteiger partial charge >= 0.3 is 0 Å². The minimum Gasteiger partial charge on any atom is -0.352 e. The molecule has 0 aliphatic heterocycles. The van der Waals surface area contributed by atoms with Gasteiger partial charge in [-0.15, -0.1) is 0 Å². The smallest absolute Gasteiger partial charge is 0.243 e. The molecule has 7 nitrogen and oxygen atoms in total. The van der Waals surface area contributed by atoms with Crippen LogP contribution in [0.15, 0.2) is 78.9 Å². The van der Waals surface area contributed by atoms with Crippen LogP contribution in [-0.2, 0) is 32.6 Å². The van der Waals surface area contributed by atoms with Crippen molar-refractivity contribution in [1.82, 2.24) is 10.2 Å². The molecule has 1 N–H and O–H groups in total. The normalized spacial score (nSPS) is 12.2. The van der Waals surface area contributed by atoms with E-state index in [9.17, 15) is 18.0 Å². The summed E-state index contributed by atoms with van der Waals surface area (Å²) < 4.78 is 26.4. The Morgan fingerprint density at radius 1 is 0.925 bits per heavy atom. The fraction of sp³-hybridized carbons (Fsp3) is 0.355. The molecule has 0 saturated carbocycles. The number of carbonyl (C=O) groups is 2. The van der Waals surface area contributed by atoms with Crippen molar-refractivity contribution in [2.45, 2.75) is 58.7 Å². The Morgan fingerprint density at radius 2 is 1.57 bits per heavy atom. The van der Waals surface area contributed by atoms with Crippen LogP contribution in [0.2, 0.25) is 5.02 Å². The van der Waals surface area contributed by atoms with Crippen LogP contribution in [-0.4, -0.2) is 50.0 Å². The minimum absolute atomic E-state index is 0.0751. The van der Waals surface area contributed by atoms with Crippen LogP contribution in [0.25, 0.3) is 0 Å². The lowest BCUT2D eigenvalue weighted by Crippen LogP contribution is -2.51. The summed E-state index contributed by atoms with van der Waals surface area (Å²) in [5.74, 6) is -0.440. The molecule has 0 fully saturated rings. The highest BCUT2D eigenvalue weighted by molar-refractivity contribution is 7.92. The number of halogens is 1. The van der Waals surface area contributed by atoms with E-state index in [1.54, 1.807) is 29.2 Å². The lowest BCUT2D eigenvalue weighted by Gasteiger charge is -2.32. The van der Waals surface area contributed by atoms with E-state index in [4.69, 9.17) is 11.6 Å². The second-order valence-electron chi connectivity index (χ2n) is 10.3. The van der Waals surface area contributed by atoms with E-state index in [2.05, 4.69) is 5.32 Å². The number of nitrogens with one attached hydrogen (secondary N) is 1. The predicted octanol–water partition coefficient (Wildman–Crippen LogP) is 5.36. The van der Waals surface area contributed by atoms with Gasteiger partial charge in [0.15, 0.2) is 0 Å². The van der Waals surface area contributed by atoms with Crippen molar-refractivity contribution in [2.24, 2.45) is 0 Å². The second-order valence-corrected chi connectivity index (χ2v) is 12.6. The van der Waals surface area contributed by atoms with E-state index in [1.165, 1.54) is 4.31 Å². The second kappa shape index (κ2) is 14.3. The fourth-order valence-corrected chi connectivity index (χ4v) is 5.64. The number of amides is 2. The monoisotopic (exact) mass is 583 g/mol. The van der Waals surface area contributed by atoms with Gasteiger partial charge in [0.2, 0.25) is 21.8 Å². The van der Waals surface area contributed by atoms with Gasteiger partial charge in [0.1, 0.15) is 6.04 Å². The van der Waals surface area contributed by atoms with E-state index in [0.29, 0.717) is 17.1 Å². The average Bonchev–Trinajstić information content (AvgIpc) is 2.89. The predicted molar refractivity (Wildman–Crippen MR) is 162 cm³/mol. The van der Waals surface area contributed by atoms with E-state index >= 15 is 0 Å². The molecule has 3 aromatic carbocycles. The van der Waals surface area contributed by atoms with Gasteiger partial charge in [-0.25, -0.2) is 8.42 Å². The summed E-state index contributed by atoms with van der Waals surface area (Å²) >= 11 is 5.98. The number of carbonyl (C=O) groups excluding carboxylic acids is 2. The van der Waals surface area contributed by atoms with Gasteiger partial charge in [-0.1, -0.05) is 71.8 Å². The Labute approximate surface area is 243 Å². The molecule has 0 aliphatic carbocycles. The quantitative estimate of drug-likeness (QED) is 0.293. The Kier molecular flexibility index (Phi) is 11.2. The topological polar surface area (TPSA) is 86.8 Å². The largest absolute Gasteiger partial charge is 0.352 e. The van der Waals surface area contributed by atoms with Crippen LogP contribution >= 0.6 is 11.6 Å². The van der Waals surface area contributed by atoms with Gasteiger partial charge in [0.25, 0.3) is 0 Å². The van der Waals surface area contributed by atoms with E-state index in [0.717, 1.165) is 22.9 Å². The molecule has 0 unspecified atom stereocenters. The zero-order chi connectivity index (χ0) is 29.3. The number of hydrogen-bond donors (Lipinski definition) is 1. The molecular weight excluding hydrogens is 546 g/mol. The van der Waals surface area contributed by atoms with Crippen LogP contribution in [0, 0.1) is 6.92 Å². The lowest BCUT2D eigenvalue weighted by atomic mass is 10.0. The van der Waals surface area contributed by atoms with Crippen LogP contribution < -0.4 is 9.62 Å². The van der Waals surface area contributed by atoms with Crippen molar-refractivity contribution >= 4 is 39.1 Å². The summed E-state index contributed by atoms with van der Waals surface area (Å²) in [5.41, 5.74) is 3.40. The van der Waals surface area contributed by atoms with Gasteiger partial charge in [-0.05, 0) is 62.6 Å². The summed E-state index contributed by atoms with van der Waals surface area (Å²) in [6, 6.07) is 23.2. The maximum atomic E-state index is 13.8. The Hall–Kier alpha value is -3.36. The van der Waals surface area contributed by atoms with Crippen molar-refractivity contribution in [3.63, 3.8) is 0 Å². The molecule has 3 rings (SSSR count). The summed E-state index contributed by atoms with van der Waals surface area (Å²) in [6.07, 6.45) is 1.85. The third-order valence-corrected chi connectivity index (χ3v) is 7.85. The molecule has 0 spiro atoms. The lowest BCUT2D eigenvalue weighted by molar-refractivity contribution is -0.141. The molecule has 0 aromatic heterocycles. The fourth-order valence-electron chi connectivity index (χ4n) is 4.55. The molecule has 9 heteroatoms. The molecule has 214 valence electrons. The molecule has 0 saturated heterocycles. The summed E-state index contributed by atoms with van der Waals surface area (Å²) in [5, 5.41) is 3.49. The summed E-state index contributed by atoms with van der Waals surface area (Å²) in [4.78, 5) is 28.9. The standard InChI is InChI=1S/C31H38ClN3O4S/c1-23(2)33-31(37)29(21-25-11-6-5-7-12-25)34(22-26-13-8-10-24(3)20-26)30(36)14-9-19-35(40(4,38)39)28-17-15-27(32)16-18-28/h5-8,10-13,15-18,20,23,29H,9,14,19,21-22H2,1-4H3,(H,33,37)/t29-/m1/s1. The van der Waals surface area contributed by atoms with Gasteiger partial charge in [-0.3, -0.25) is 13.9 Å². The highest BCUT2D eigenvalue weighted by Gasteiger charge is 2.31.